The predicted octanol–water partition coefficient (Wildman–Crippen LogP) is 16.5. The summed E-state index contributed by atoms with van der Waals surface area (Å²) in [6.07, 6.45) is -14.9. The summed E-state index contributed by atoms with van der Waals surface area (Å²) in [5.74, 6) is -1.28. The molecule has 66 heavy (non-hydrogen) atoms. The van der Waals surface area contributed by atoms with Gasteiger partial charge in [-0.05, 0) is 103 Å². The molecule has 8 aromatic rings. The van der Waals surface area contributed by atoms with E-state index in [1.807, 2.05) is 100 Å². The topological polar surface area (TPSA) is 43.9 Å². The van der Waals surface area contributed by atoms with Crippen LogP contribution < -0.4 is 0 Å². The number of rotatable bonds is 8. The third-order valence-corrected chi connectivity index (χ3v) is 12.3. The van der Waals surface area contributed by atoms with Crippen molar-refractivity contribution in [1.82, 2.24) is 14.5 Å². The van der Waals surface area contributed by atoms with Crippen molar-refractivity contribution in [3.05, 3.63) is 149 Å². The minimum Gasteiger partial charge on any atom is -0.501 e. The molecule has 1 radical (unpaired) electrons. The monoisotopic (exact) mass is 1090 g/mol. The van der Waals surface area contributed by atoms with Crippen LogP contribution in [0.5, 0.6) is 0 Å². The minimum atomic E-state index is -5.46. The van der Waals surface area contributed by atoms with Gasteiger partial charge >= 0.3 is 12.4 Å². The largest absolute Gasteiger partial charge is 0.501 e. The van der Waals surface area contributed by atoms with E-state index in [2.05, 4.69) is 21.7 Å². The van der Waals surface area contributed by atoms with E-state index < -0.39 is 69.4 Å². The third kappa shape index (κ3) is 9.10. The Hall–Kier alpha value is -5.25. The number of pyridine rings is 1. The Kier molecular flexibility index (Phi) is 11.0. The van der Waals surface area contributed by atoms with Crippen LogP contribution in [0, 0.1) is 31.3 Å². The zero-order valence-electron chi connectivity index (χ0n) is 45.9. The molecular formula is C55H53F6IrN3O-2. The first-order valence-electron chi connectivity index (χ1n) is 26.1. The van der Waals surface area contributed by atoms with E-state index in [-0.39, 0.29) is 55.1 Å². The van der Waals surface area contributed by atoms with Crippen LogP contribution in [-0.2, 0) is 26.5 Å². The number of fused-ring (bicyclic) bond motifs is 4. The maximum absolute atomic E-state index is 14.0. The van der Waals surface area contributed by atoms with E-state index in [9.17, 15) is 27.7 Å². The van der Waals surface area contributed by atoms with Gasteiger partial charge in [-0.25, -0.2) is 0 Å². The summed E-state index contributed by atoms with van der Waals surface area (Å²) in [7, 11) is 0. The number of nitrogens with zero attached hydrogens (tertiary/aromatic N) is 3. The van der Waals surface area contributed by atoms with Crippen molar-refractivity contribution in [2.45, 2.75) is 117 Å². The molecule has 4 nitrogen and oxygen atoms in total. The number of hydrogen-bond donors (Lipinski definition) is 0. The average molecular weight is 1090 g/mol. The van der Waals surface area contributed by atoms with Crippen molar-refractivity contribution in [2.75, 3.05) is 0 Å². The van der Waals surface area contributed by atoms with Crippen LogP contribution in [0.4, 0.5) is 26.3 Å². The van der Waals surface area contributed by atoms with Gasteiger partial charge in [0.2, 0.25) is 0 Å². The molecule has 3 heterocycles. The first-order chi connectivity index (χ1) is 34.4. The fourth-order valence-electron chi connectivity index (χ4n) is 8.81. The molecule has 1 aliphatic carbocycles. The minimum absolute atomic E-state index is 0. The second-order valence-electron chi connectivity index (χ2n) is 17.1. The third-order valence-electron chi connectivity index (χ3n) is 12.3. The number of imidazole rings is 1. The molecule has 347 valence electrons. The average Bonchev–Trinajstić information content (AvgIpc) is 3.91. The smallest absolute Gasteiger partial charge is 0.403 e. The van der Waals surface area contributed by atoms with Gasteiger partial charge in [-0.15, -0.1) is 53.6 Å². The first-order valence-corrected chi connectivity index (χ1v) is 21.6. The molecular weight excluding hydrogens is 1020 g/mol. The Morgan fingerprint density at radius 2 is 1.55 bits per heavy atom. The quantitative estimate of drug-likeness (QED) is 0.112. The number of aryl methyl sites for hydroxylation is 3. The van der Waals surface area contributed by atoms with Gasteiger partial charge in [0, 0.05) is 49.7 Å². The number of hydrogen-bond acceptors (Lipinski definition) is 3. The van der Waals surface area contributed by atoms with Gasteiger partial charge in [0.1, 0.15) is 5.58 Å². The fraction of sp³-hybridized carbons (Fsp3) is 0.345. The fourth-order valence-corrected chi connectivity index (χ4v) is 8.81. The molecule has 5 aromatic carbocycles. The van der Waals surface area contributed by atoms with Gasteiger partial charge in [0.15, 0.2) is 5.41 Å². The van der Waals surface area contributed by atoms with Gasteiger partial charge in [-0.3, -0.25) is 4.98 Å². The Morgan fingerprint density at radius 1 is 0.864 bits per heavy atom. The van der Waals surface area contributed by atoms with Crippen molar-refractivity contribution in [1.29, 1.82) is 0 Å². The molecule has 11 heteroatoms. The molecule has 0 N–H and O–H groups in total. The molecule has 0 aliphatic heterocycles. The summed E-state index contributed by atoms with van der Waals surface area (Å²) in [5, 5.41) is 1.87. The number of aromatic nitrogens is 3. The summed E-state index contributed by atoms with van der Waals surface area (Å²) < 4.78 is 163. The van der Waals surface area contributed by atoms with Crippen LogP contribution in [0.25, 0.3) is 61.3 Å². The van der Waals surface area contributed by atoms with Crippen LogP contribution in [0.15, 0.2) is 108 Å². The second kappa shape index (κ2) is 19.2. The first kappa shape index (κ1) is 37.8. The number of alkyl halides is 6. The van der Waals surface area contributed by atoms with Crippen LogP contribution in [0.3, 0.4) is 0 Å². The molecule has 0 bridgehead atoms. The Bertz CT molecular complexity index is 3310. The summed E-state index contributed by atoms with van der Waals surface area (Å²) in [6.45, 7) is 4.88. The van der Waals surface area contributed by atoms with E-state index in [1.54, 1.807) is 6.92 Å². The van der Waals surface area contributed by atoms with Gasteiger partial charge in [-0.2, -0.15) is 26.3 Å². The summed E-state index contributed by atoms with van der Waals surface area (Å²) in [4.78, 5) is 9.26. The molecule has 0 saturated heterocycles. The van der Waals surface area contributed by atoms with Crippen LogP contribution in [-0.4, -0.2) is 26.9 Å². The van der Waals surface area contributed by atoms with Crippen LogP contribution in [0.1, 0.15) is 130 Å². The van der Waals surface area contributed by atoms with E-state index in [1.165, 1.54) is 30.5 Å². The van der Waals surface area contributed by atoms with Crippen molar-refractivity contribution in [3.63, 3.8) is 0 Å². The Balaban J connectivity index is 0.000000267. The standard InChI is InChI=1S/C39H35F6N2O.C16H18N.Ir/c1-22(2)29-20-25(24-16-18-37(19-17-24,38(40,41)42)39(43,44)45)21-30(23(3)4)34(29)47-32-14-7-6-13-31(32)46-36(47)28-12-9-11-27-26-10-5-8-15-33(26)48-35(27)28;1-4-5-15-11-17-16(10-13(15)3)14-8-6-12(2)7-9-14;/h5-11,13-15,20-24H,16-19H2,1-4H3;6-8,10-11H,4-5H2,1-3H3;/q2*-1;/i24D;2D3,3D3,5D2;. The maximum Gasteiger partial charge on any atom is 0.403 e. The van der Waals surface area contributed by atoms with Gasteiger partial charge in [0.25, 0.3) is 0 Å². The molecule has 1 fully saturated rings. The molecule has 0 amide bonds. The summed E-state index contributed by atoms with van der Waals surface area (Å²) in [5.41, 5.74) is 3.43. The number of furan rings is 1. The molecule has 1 saturated carbocycles. The molecule has 0 atom stereocenters. The van der Waals surface area contributed by atoms with Crippen molar-refractivity contribution >= 4 is 33.0 Å². The predicted molar refractivity (Wildman–Crippen MR) is 249 cm³/mol. The van der Waals surface area contributed by atoms with E-state index in [0.29, 0.717) is 33.8 Å². The zero-order chi connectivity index (χ0) is 54.1. The Morgan fingerprint density at radius 3 is 2.17 bits per heavy atom. The van der Waals surface area contributed by atoms with Crippen molar-refractivity contribution in [3.8, 4) is 28.3 Å². The summed E-state index contributed by atoms with van der Waals surface area (Å²) in [6, 6.07) is 34.7. The van der Waals surface area contributed by atoms with Gasteiger partial charge < -0.3 is 14.0 Å². The number of halogens is 6. The van der Waals surface area contributed by atoms with Gasteiger partial charge in [0.05, 0.1) is 22.4 Å². The van der Waals surface area contributed by atoms with Gasteiger partial charge in [-0.1, -0.05) is 113 Å². The molecule has 0 spiro atoms. The molecule has 9 rings (SSSR count). The van der Waals surface area contributed by atoms with Crippen molar-refractivity contribution < 1.29 is 63.2 Å². The maximum atomic E-state index is 14.0. The zero-order valence-corrected chi connectivity index (χ0v) is 39.3. The second-order valence-corrected chi connectivity index (χ2v) is 17.1. The molecule has 1 aliphatic rings. The van der Waals surface area contributed by atoms with Crippen molar-refractivity contribution in [2.24, 2.45) is 5.41 Å². The number of benzene rings is 5. The summed E-state index contributed by atoms with van der Waals surface area (Å²) >= 11 is 0. The van der Waals surface area contributed by atoms with Crippen LogP contribution in [0.2, 0.25) is 0 Å². The Labute approximate surface area is 408 Å². The molecule has 0 unspecified atom stereocenters. The van der Waals surface area contributed by atoms with E-state index in [0.717, 1.165) is 44.2 Å². The van der Waals surface area contributed by atoms with E-state index in [4.69, 9.17) is 20.4 Å². The van der Waals surface area contributed by atoms with E-state index >= 15 is 0 Å². The van der Waals surface area contributed by atoms with Crippen LogP contribution >= 0.6 is 0 Å². The number of para-hydroxylation sites is 3. The normalized spacial score (nSPS) is 17.6. The SMILES string of the molecule is [2H]C([2H])([2H])c1c[c-]c(-c2cc(C([2H])([2H])[2H])c(C([2H])([2H])CC)cn2)cc1.[2H]C1(c2cc(C(C)C)c(-n3c(-c4[c-]ccc5c4oc4ccccc45)nc4ccccc43)c(C(C)C)c2)CCC(C(F)(F)F)(C(F)(F)F)CC1.[Ir]. The molecule has 3 aromatic heterocycles.